The van der Waals surface area contributed by atoms with E-state index in [1.54, 1.807) is 34.4 Å². The largest absolute Gasteiger partial charge is 0.360 e. The van der Waals surface area contributed by atoms with E-state index < -0.39 is 0 Å². The van der Waals surface area contributed by atoms with Gasteiger partial charge in [0.15, 0.2) is 45.9 Å². The Bertz CT molecular complexity index is 7380. The SMILES string of the molecule is Cc1cccc(-n2c([C@H](C)Nc3ncnc4nc[nH]c34)cc3cccc(C)c3c2=O)c1.Cc1cccc2cc([C@H](C)Nc3ncnc4nc[nH]c34)n(-c3ccccc3)c(=O)c12.Cc1cccc2cc([C@H](C)Nc3ncnc4nc[nH]c34)n(C3CCC3)c(=O)c12.Cc1ccccc1-n1c([C@H](C)Nc2ncnc3nc[nH]c23)cc2cccc(C)c2c1=O.S.S.S. The number of imidazole rings is 4. The van der Waals surface area contributed by atoms with Gasteiger partial charge in [0.25, 0.3) is 22.2 Å². The number of pyridine rings is 4. The summed E-state index contributed by atoms with van der Waals surface area (Å²) < 4.78 is 7.39. The van der Waals surface area contributed by atoms with Gasteiger partial charge in [-0.3, -0.25) is 32.9 Å². The molecule has 28 nitrogen and oxygen atoms in total. The van der Waals surface area contributed by atoms with Crippen molar-refractivity contribution in [3.8, 4) is 17.1 Å². The van der Waals surface area contributed by atoms with Crippen LogP contribution >= 0.6 is 40.5 Å². The molecule has 19 aromatic rings. The fraction of sp³-hybridized carbons (Fsp3) is 0.196. The van der Waals surface area contributed by atoms with E-state index in [9.17, 15) is 19.2 Å². The van der Waals surface area contributed by atoms with Gasteiger partial charge in [0.2, 0.25) is 0 Å². The molecule has 622 valence electrons. The zero-order chi connectivity index (χ0) is 83.0. The fourth-order valence-electron chi connectivity index (χ4n) is 16.1. The highest BCUT2D eigenvalue weighted by molar-refractivity contribution is 7.59. The monoisotopic (exact) mass is 1690 g/mol. The molecule has 12 heterocycles. The molecule has 1 aliphatic rings. The van der Waals surface area contributed by atoms with Gasteiger partial charge in [-0.1, -0.05) is 121 Å². The van der Waals surface area contributed by atoms with Crippen LogP contribution in [0, 0.1) is 41.5 Å². The van der Waals surface area contributed by atoms with Crippen molar-refractivity contribution < 1.29 is 0 Å². The maximum Gasteiger partial charge on any atom is 0.263 e. The molecule has 12 aromatic heterocycles. The van der Waals surface area contributed by atoms with Gasteiger partial charge >= 0.3 is 0 Å². The second-order valence-electron chi connectivity index (χ2n) is 30.3. The zero-order valence-electron chi connectivity index (χ0n) is 69.2. The standard InChI is InChI=1S/2C24H22N6O.C23H20N6O.C21H22N6O.3H2S/c1-14-6-4-9-18(10-14)30-19(11-17-8-5-7-15(2)20(17)24(30)31)16(3)29-23-21-22(26-12-25-21)27-13-28-23;1-14-7-4-5-10-18(14)30-19(11-17-9-6-8-15(2)20(17)24(30)31)16(3)29-23-21-22(26-12-25-21)27-13-28-23;1-14-7-6-8-16-11-18(29(23(30)19(14)16)17-9-4-3-5-10-17)15(2)28-22-20-21(25-12-24-20)26-13-27-22;1-12-5-3-6-14-9-16(27(15-7-4-8-15)21(28)17(12)14)13(2)26-20-18-19(23-10-22-18)24-11-25-20;;;/h2*4-13,16H,1-3H3,(H2,25,26,27,28,29);3-13,15H,1-2H3,(H2,24,25,26,27,28);3,5-6,9-11,13,15H,4,7-8H2,1-2H3,(H2,22,23,24,25,26);3*1H2/t2*16-;15-;13-;;;/m0000.../s1. The van der Waals surface area contributed by atoms with Crippen LogP contribution in [0.3, 0.4) is 0 Å². The van der Waals surface area contributed by atoms with Crippen LogP contribution in [0.4, 0.5) is 23.3 Å². The van der Waals surface area contributed by atoms with Crippen molar-refractivity contribution in [2.45, 2.75) is 119 Å². The van der Waals surface area contributed by atoms with E-state index in [0.29, 0.717) is 45.9 Å². The van der Waals surface area contributed by atoms with Crippen LogP contribution in [0.25, 0.3) is 105 Å². The number of anilines is 4. The first kappa shape index (κ1) is 85.3. The van der Waals surface area contributed by atoms with E-state index in [-0.39, 0.29) is 92.9 Å². The molecule has 8 N–H and O–H groups in total. The number of H-pyrrole nitrogens is 4. The summed E-state index contributed by atoms with van der Waals surface area (Å²) in [4.78, 5) is 118. The highest BCUT2D eigenvalue weighted by Gasteiger charge is 2.29. The zero-order valence-corrected chi connectivity index (χ0v) is 72.2. The highest BCUT2D eigenvalue weighted by Crippen LogP contribution is 2.37. The third-order valence-corrected chi connectivity index (χ3v) is 22.3. The highest BCUT2D eigenvalue weighted by atomic mass is 32.1. The lowest BCUT2D eigenvalue weighted by molar-refractivity contribution is 0.298. The fourth-order valence-corrected chi connectivity index (χ4v) is 16.1. The minimum Gasteiger partial charge on any atom is -0.360 e. The Kier molecular flexibility index (Phi) is 25.2. The predicted octanol–water partition coefficient (Wildman–Crippen LogP) is 17.2. The predicted molar refractivity (Wildman–Crippen MR) is 504 cm³/mol. The number of aromatic amines is 4. The molecule has 31 heteroatoms. The number of nitrogens with one attached hydrogen (secondary N) is 8. The summed E-state index contributed by atoms with van der Waals surface area (Å²) >= 11 is 0. The lowest BCUT2D eigenvalue weighted by atomic mass is 9.91. The molecule has 0 bridgehead atoms. The first-order valence-electron chi connectivity index (χ1n) is 39.8. The average molecular weight is 1690 g/mol. The Labute approximate surface area is 726 Å². The lowest BCUT2D eigenvalue weighted by Crippen LogP contribution is -2.33. The van der Waals surface area contributed by atoms with Gasteiger partial charge in [-0.05, 0) is 198 Å². The summed E-state index contributed by atoms with van der Waals surface area (Å²) in [6.45, 7) is 20.1. The van der Waals surface area contributed by atoms with Gasteiger partial charge in [0, 0.05) is 40.2 Å². The summed E-state index contributed by atoms with van der Waals surface area (Å²) in [5.74, 6) is 2.61. The van der Waals surface area contributed by atoms with E-state index >= 15 is 0 Å². The number of benzene rings is 7. The van der Waals surface area contributed by atoms with Gasteiger partial charge in [0.1, 0.15) is 47.4 Å². The molecule has 1 saturated carbocycles. The van der Waals surface area contributed by atoms with Crippen molar-refractivity contribution in [3.05, 3.63) is 324 Å². The number of fused-ring (bicyclic) bond motifs is 8. The van der Waals surface area contributed by atoms with Crippen molar-refractivity contribution in [2.75, 3.05) is 21.3 Å². The van der Waals surface area contributed by atoms with Crippen LogP contribution in [0.15, 0.2) is 246 Å². The molecule has 123 heavy (non-hydrogen) atoms. The van der Waals surface area contributed by atoms with E-state index in [1.807, 2.05) is 223 Å². The van der Waals surface area contributed by atoms with Gasteiger partial charge in [-0.15, -0.1) is 0 Å². The number of aryl methyl sites for hydroxylation is 6. The molecule has 0 saturated heterocycles. The Balaban J connectivity index is 0.000000133. The van der Waals surface area contributed by atoms with E-state index in [2.05, 4.69) is 132 Å². The second-order valence-corrected chi connectivity index (χ2v) is 30.3. The van der Waals surface area contributed by atoms with Crippen molar-refractivity contribution in [1.29, 1.82) is 0 Å². The molecular formula is C92H92N24O4S3. The molecule has 1 aliphatic carbocycles. The molecule has 0 amide bonds. The molecule has 0 unspecified atom stereocenters. The third kappa shape index (κ3) is 16.7. The van der Waals surface area contributed by atoms with Crippen LogP contribution < -0.4 is 43.5 Å². The Morgan fingerprint density at radius 3 is 1.02 bits per heavy atom. The summed E-state index contributed by atoms with van der Waals surface area (Å²) in [7, 11) is 0. The smallest absolute Gasteiger partial charge is 0.263 e. The van der Waals surface area contributed by atoms with Crippen LogP contribution in [-0.2, 0) is 0 Å². The van der Waals surface area contributed by atoms with Crippen LogP contribution in [-0.4, -0.2) is 98.0 Å². The first-order chi connectivity index (χ1) is 58.3. The summed E-state index contributed by atoms with van der Waals surface area (Å²) in [6.07, 6.45) is 15.6. The minimum absolute atomic E-state index is 0. The van der Waals surface area contributed by atoms with Crippen LogP contribution in [0.1, 0.15) is 133 Å². The van der Waals surface area contributed by atoms with Crippen LogP contribution in [0.2, 0.25) is 0 Å². The number of hydrogen-bond acceptors (Lipinski definition) is 20. The summed E-state index contributed by atoms with van der Waals surface area (Å²) in [5.41, 5.74) is 17.5. The number of rotatable bonds is 16. The molecule has 7 aromatic carbocycles. The molecule has 1 fully saturated rings. The van der Waals surface area contributed by atoms with Crippen molar-refractivity contribution in [1.82, 2.24) is 98.0 Å². The van der Waals surface area contributed by atoms with E-state index in [1.165, 1.54) is 31.7 Å². The first-order valence-corrected chi connectivity index (χ1v) is 39.8. The van der Waals surface area contributed by atoms with Crippen molar-refractivity contribution in [3.63, 3.8) is 0 Å². The van der Waals surface area contributed by atoms with Gasteiger partial charge in [0.05, 0.1) is 76.7 Å². The van der Waals surface area contributed by atoms with Gasteiger partial charge in [-0.2, -0.15) is 40.5 Å². The molecule has 0 aliphatic heterocycles. The van der Waals surface area contributed by atoms with E-state index in [0.717, 1.165) is 151 Å². The normalized spacial score (nSPS) is 12.8. The van der Waals surface area contributed by atoms with Gasteiger partial charge in [-0.25, -0.2) is 59.8 Å². The molecule has 4 atom stereocenters. The third-order valence-electron chi connectivity index (χ3n) is 22.3. The quantitative estimate of drug-likeness (QED) is 0.0445. The number of nitrogens with zero attached hydrogens (tertiary/aromatic N) is 16. The van der Waals surface area contributed by atoms with Crippen molar-refractivity contribution >= 4 is 152 Å². The minimum atomic E-state index is -0.210. The summed E-state index contributed by atoms with van der Waals surface area (Å²) in [6, 6.07) is 57.4. The number of para-hydroxylation sites is 2. The topological polar surface area (TPSA) is 354 Å². The second kappa shape index (κ2) is 36.4. The van der Waals surface area contributed by atoms with Crippen molar-refractivity contribution in [2.24, 2.45) is 0 Å². The molecule has 0 radical (unpaired) electrons. The molecule has 0 spiro atoms. The Hall–Kier alpha value is -14.2. The maximum absolute atomic E-state index is 13.7. The summed E-state index contributed by atoms with van der Waals surface area (Å²) in [5, 5.41) is 20.5. The van der Waals surface area contributed by atoms with E-state index in [4.69, 9.17) is 0 Å². The maximum atomic E-state index is 13.7. The number of hydrogen-bond donors (Lipinski definition) is 8. The van der Waals surface area contributed by atoms with Gasteiger partial charge < -0.3 is 45.8 Å². The number of aromatic nitrogens is 20. The average Bonchev–Trinajstić information content (AvgIpc) is 0.828. The van der Waals surface area contributed by atoms with Crippen LogP contribution in [0.5, 0.6) is 0 Å². The Morgan fingerprint density at radius 1 is 0.325 bits per heavy atom. The molecule has 20 rings (SSSR count). The lowest BCUT2D eigenvalue weighted by Gasteiger charge is -2.32. The molecular weight excluding hydrogens is 1600 g/mol. The Morgan fingerprint density at radius 2 is 0.642 bits per heavy atom.